The van der Waals surface area contributed by atoms with Gasteiger partial charge in [0.1, 0.15) is 25.1 Å². The second-order valence-electron chi connectivity index (χ2n) is 7.91. The minimum absolute atomic E-state index is 0.0241. The summed E-state index contributed by atoms with van der Waals surface area (Å²) in [7, 11) is 0. The topological polar surface area (TPSA) is 77.1 Å². The molecule has 7 nitrogen and oxygen atoms in total. The van der Waals surface area contributed by atoms with Crippen LogP contribution in [0.2, 0.25) is 5.02 Å². The Labute approximate surface area is 205 Å². The number of halogens is 2. The quantitative estimate of drug-likeness (QED) is 0.538. The first-order valence-corrected chi connectivity index (χ1v) is 11.3. The van der Waals surface area contributed by atoms with Gasteiger partial charge in [0.25, 0.3) is 5.91 Å². The van der Waals surface area contributed by atoms with Crippen LogP contribution in [0.4, 0.5) is 10.1 Å². The number of anilines is 1. The third-order valence-corrected chi connectivity index (χ3v) is 5.83. The summed E-state index contributed by atoms with van der Waals surface area (Å²) >= 11 is 6.11. The molecule has 0 fully saturated rings. The van der Waals surface area contributed by atoms with Gasteiger partial charge >= 0.3 is 0 Å². The molecule has 0 bridgehead atoms. The molecule has 0 radical (unpaired) electrons. The minimum atomic E-state index is -0.596. The van der Waals surface area contributed by atoms with Gasteiger partial charge in [-0.2, -0.15) is 0 Å². The highest BCUT2D eigenvalue weighted by molar-refractivity contribution is 6.32. The van der Waals surface area contributed by atoms with Crippen LogP contribution in [0.15, 0.2) is 72.5 Å². The van der Waals surface area contributed by atoms with E-state index in [1.165, 1.54) is 29.2 Å². The van der Waals surface area contributed by atoms with Crippen molar-refractivity contribution in [2.45, 2.75) is 6.10 Å². The lowest BCUT2D eigenvalue weighted by Crippen LogP contribution is -2.47. The summed E-state index contributed by atoms with van der Waals surface area (Å²) in [6, 6.07) is 18.3. The highest BCUT2D eigenvalue weighted by atomic mass is 35.5. The molecule has 2 aliphatic rings. The van der Waals surface area contributed by atoms with E-state index in [2.05, 4.69) is 5.32 Å². The van der Waals surface area contributed by atoms with Gasteiger partial charge in [0, 0.05) is 5.56 Å². The minimum Gasteiger partial charge on any atom is -0.486 e. The molecule has 3 aromatic rings. The second kappa shape index (κ2) is 9.68. The van der Waals surface area contributed by atoms with Crippen molar-refractivity contribution in [1.82, 2.24) is 5.32 Å². The zero-order chi connectivity index (χ0) is 24.4. The Morgan fingerprint density at radius 3 is 2.60 bits per heavy atom. The molecule has 1 atom stereocenters. The number of nitrogens with one attached hydrogen (secondary N) is 1. The maximum absolute atomic E-state index is 14.3. The van der Waals surface area contributed by atoms with Crippen molar-refractivity contribution >= 4 is 35.2 Å². The van der Waals surface area contributed by atoms with Crippen LogP contribution in [0.25, 0.3) is 6.08 Å². The van der Waals surface area contributed by atoms with Crippen LogP contribution < -0.4 is 24.4 Å². The normalized spacial score (nSPS) is 17.5. The molecule has 35 heavy (non-hydrogen) atoms. The zero-order valence-corrected chi connectivity index (χ0v) is 19.1. The van der Waals surface area contributed by atoms with Gasteiger partial charge in [-0.3, -0.25) is 14.5 Å². The van der Waals surface area contributed by atoms with E-state index in [1.807, 2.05) is 18.2 Å². The van der Waals surface area contributed by atoms with E-state index in [0.29, 0.717) is 22.9 Å². The number of carbonyl (C=O) groups is 2. The van der Waals surface area contributed by atoms with Gasteiger partial charge < -0.3 is 19.5 Å². The number of fused-ring (bicyclic) bond motifs is 2. The lowest BCUT2D eigenvalue weighted by atomic mass is 10.1. The van der Waals surface area contributed by atoms with Crippen molar-refractivity contribution in [3.05, 3.63) is 88.9 Å². The van der Waals surface area contributed by atoms with Crippen LogP contribution in [0.3, 0.4) is 0 Å². The largest absolute Gasteiger partial charge is 0.486 e. The van der Waals surface area contributed by atoms with Crippen LogP contribution in [-0.2, 0) is 9.59 Å². The van der Waals surface area contributed by atoms with Gasteiger partial charge in [-0.25, -0.2) is 4.39 Å². The number of carbonyl (C=O) groups excluding carboxylic acids is 2. The number of ether oxygens (including phenoxy) is 3. The van der Waals surface area contributed by atoms with E-state index in [9.17, 15) is 14.0 Å². The number of hydrogen-bond acceptors (Lipinski definition) is 5. The van der Waals surface area contributed by atoms with Crippen molar-refractivity contribution in [2.75, 3.05) is 24.6 Å². The Kier molecular flexibility index (Phi) is 6.29. The summed E-state index contributed by atoms with van der Waals surface area (Å²) in [4.78, 5) is 27.3. The average molecular weight is 495 g/mol. The lowest BCUT2D eigenvalue weighted by Gasteiger charge is -2.30. The van der Waals surface area contributed by atoms with Gasteiger partial charge in [0.05, 0.1) is 17.3 Å². The maximum atomic E-state index is 14.3. The van der Waals surface area contributed by atoms with Gasteiger partial charge in [-0.15, -0.1) is 0 Å². The Balaban J connectivity index is 1.31. The third kappa shape index (κ3) is 4.79. The number of benzene rings is 3. The SMILES string of the molecule is O=C(CN1C(=O)/C(=C/c2c(F)cccc2Cl)Oc2ccccc21)NC[C@@H]1COc2ccccc2O1. The van der Waals surface area contributed by atoms with Gasteiger partial charge in [0.2, 0.25) is 5.91 Å². The maximum Gasteiger partial charge on any atom is 0.294 e. The summed E-state index contributed by atoms with van der Waals surface area (Å²) in [5, 5.41) is 2.92. The molecule has 0 aromatic heterocycles. The van der Waals surface area contributed by atoms with Crippen molar-refractivity contribution in [3.8, 4) is 17.2 Å². The van der Waals surface area contributed by atoms with E-state index >= 15 is 0 Å². The smallest absolute Gasteiger partial charge is 0.294 e. The number of amides is 2. The second-order valence-corrected chi connectivity index (χ2v) is 8.31. The molecule has 0 unspecified atom stereocenters. The molecule has 2 heterocycles. The van der Waals surface area contributed by atoms with Gasteiger partial charge in [-0.1, -0.05) is 41.9 Å². The molecule has 0 aliphatic carbocycles. The van der Waals surface area contributed by atoms with Gasteiger partial charge in [0.15, 0.2) is 23.0 Å². The van der Waals surface area contributed by atoms with Crippen molar-refractivity contribution in [3.63, 3.8) is 0 Å². The van der Waals surface area contributed by atoms with E-state index in [0.717, 1.165) is 0 Å². The Morgan fingerprint density at radius 1 is 1.06 bits per heavy atom. The molecule has 2 amide bonds. The molecular weight excluding hydrogens is 475 g/mol. The molecule has 1 N–H and O–H groups in total. The highest BCUT2D eigenvalue weighted by Gasteiger charge is 2.32. The van der Waals surface area contributed by atoms with Crippen LogP contribution in [0.5, 0.6) is 17.2 Å². The van der Waals surface area contributed by atoms with Crippen molar-refractivity contribution < 1.29 is 28.2 Å². The Morgan fingerprint density at radius 2 is 1.80 bits per heavy atom. The van der Waals surface area contributed by atoms with Crippen LogP contribution in [0.1, 0.15) is 5.56 Å². The number of hydrogen-bond donors (Lipinski definition) is 1. The fourth-order valence-electron chi connectivity index (χ4n) is 3.79. The lowest BCUT2D eigenvalue weighted by molar-refractivity contribution is -0.123. The third-order valence-electron chi connectivity index (χ3n) is 5.50. The summed E-state index contributed by atoms with van der Waals surface area (Å²) in [6.45, 7) is 0.208. The fraction of sp³-hybridized carbons (Fsp3) is 0.154. The van der Waals surface area contributed by atoms with E-state index in [4.69, 9.17) is 25.8 Å². The molecule has 5 rings (SSSR count). The molecular formula is C26H20ClFN2O5. The number of rotatable bonds is 5. The summed E-state index contributed by atoms with van der Waals surface area (Å²) in [6.07, 6.45) is 0.867. The summed E-state index contributed by atoms with van der Waals surface area (Å²) in [5.74, 6) is -0.119. The van der Waals surface area contributed by atoms with Crippen LogP contribution in [-0.4, -0.2) is 37.6 Å². The van der Waals surface area contributed by atoms with E-state index in [-0.39, 0.29) is 42.1 Å². The Bertz CT molecular complexity index is 1310. The molecule has 3 aromatic carbocycles. The van der Waals surface area contributed by atoms with Gasteiger partial charge in [-0.05, 0) is 42.5 Å². The van der Waals surface area contributed by atoms with Crippen molar-refractivity contribution in [2.24, 2.45) is 0 Å². The molecule has 0 saturated heterocycles. The fourth-order valence-corrected chi connectivity index (χ4v) is 4.01. The first kappa shape index (κ1) is 22.7. The monoisotopic (exact) mass is 494 g/mol. The summed E-state index contributed by atoms with van der Waals surface area (Å²) in [5.41, 5.74) is 0.451. The van der Waals surface area contributed by atoms with Crippen LogP contribution >= 0.6 is 11.6 Å². The highest BCUT2D eigenvalue weighted by Crippen LogP contribution is 2.36. The first-order valence-electron chi connectivity index (χ1n) is 10.9. The molecule has 2 aliphatic heterocycles. The Hall–Kier alpha value is -4.04. The molecule has 9 heteroatoms. The molecule has 0 saturated carbocycles. The predicted octanol–water partition coefficient (Wildman–Crippen LogP) is 4.20. The van der Waals surface area contributed by atoms with Crippen LogP contribution in [0, 0.1) is 5.82 Å². The molecule has 0 spiro atoms. The van der Waals surface area contributed by atoms with E-state index < -0.39 is 17.6 Å². The number of nitrogens with zero attached hydrogens (tertiary/aromatic N) is 1. The zero-order valence-electron chi connectivity index (χ0n) is 18.4. The van der Waals surface area contributed by atoms with Crippen molar-refractivity contribution in [1.29, 1.82) is 0 Å². The average Bonchev–Trinajstić information content (AvgIpc) is 2.87. The predicted molar refractivity (Wildman–Crippen MR) is 128 cm³/mol. The van der Waals surface area contributed by atoms with E-state index in [1.54, 1.807) is 30.3 Å². The number of para-hydroxylation sites is 4. The standard InChI is InChI=1S/C26H20ClFN2O5/c27-18-6-5-7-19(28)17(18)12-24-26(32)30(20-8-1-2-9-21(20)35-24)14-25(31)29-13-16-15-33-22-10-3-4-11-23(22)34-16/h1-12,16H,13-15H2,(H,29,31)/b24-12-/t16-/m1/s1. The first-order chi connectivity index (χ1) is 17.0. The molecule has 178 valence electrons. The summed E-state index contributed by atoms with van der Waals surface area (Å²) < 4.78 is 31.6.